The largest absolute Gasteiger partial charge is 0.354 e. The zero-order valence-corrected chi connectivity index (χ0v) is 12.8. The third-order valence-corrected chi connectivity index (χ3v) is 3.64. The Hall–Kier alpha value is -1.94. The number of pyridine rings is 1. The van der Waals surface area contributed by atoms with Gasteiger partial charge in [0.2, 0.25) is 5.91 Å². The maximum Gasteiger partial charge on any atom is 0.226 e. The number of likely N-dealkylation sites (N-methyl/N-ethyl adjacent to an activating group) is 1. The van der Waals surface area contributed by atoms with E-state index in [2.05, 4.69) is 29.0 Å². The summed E-state index contributed by atoms with van der Waals surface area (Å²) < 4.78 is 0. The molecular weight excluding hydrogens is 262 g/mol. The molecule has 2 rings (SSSR count). The topological polar surface area (TPSA) is 45.2 Å². The molecule has 0 bridgehead atoms. The smallest absolute Gasteiger partial charge is 0.226 e. The fourth-order valence-electron chi connectivity index (χ4n) is 2.33. The van der Waals surface area contributed by atoms with Crippen molar-refractivity contribution in [2.45, 2.75) is 20.3 Å². The number of hydrogen-bond acceptors (Lipinski definition) is 3. The molecule has 0 aliphatic carbocycles. The van der Waals surface area contributed by atoms with E-state index in [1.807, 2.05) is 36.4 Å². The molecule has 1 aromatic carbocycles. The highest BCUT2D eigenvalue weighted by Gasteiger charge is 2.06. The Morgan fingerprint density at radius 3 is 2.67 bits per heavy atom. The molecule has 0 spiro atoms. The van der Waals surface area contributed by atoms with Gasteiger partial charge in [-0.2, -0.15) is 0 Å². The molecule has 0 aliphatic heterocycles. The summed E-state index contributed by atoms with van der Waals surface area (Å²) in [5.41, 5.74) is 1.75. The van der Waals surface area contributed by atoms with Crippen LogP contribution in [0.5, 0.6) is 0 Å². The van der Waals surface area contributed by atoms with Crippen LogP contribution in [0.2, 0.25) is 0 Å². The highest BCUT2D eigenvalue weighted by Crippen LogP contribution is 2.11. The SMILES string of the molecule is CCN(CC)CCNC(=O)Cc1ccc2ccccc2n1. The van der Waals surface area contributed by atoms with Crippen LogP contribution in [0, 0.1) is 0 Å². The maximum absolute atomic E-state index is 11.9. The summed E-state index contributed by atoms with van der Waals surface area (Å²) in [5.74, 6) is 0.0323. The molecule has 1 N–H and O–H groups in total. The van der Waals surface area contributed by atoms with Gasteiger partial charge in [-0.05, 0) is 25.2 Å². The lowest BCUT2D eigenvalue weighted by Gasteiger charge is -2.17. The van der Waals surface area contributed by atoms with Crippen molar-refractivity contribution in [1.82, 2.24) is 15.2 Å². The fraction of sp³-hybridized carbons (Fsp3) is 0.412. The van der Waals surface area contributed by atoms with Gasteiger partial charge in [0.15, 0.2) is 0 Å². The molecule has 4 nitrogen and oxygen atoms in total. The van der Waals surface area contributed by atoms with Crippen LogP contribution >= 0.6 is 0 Å². The first kappa shape index (κ1) is 15.4. The number of nitrogens with zero attached hydrogens (tertiary/aromatic N) is 2. The molecule has 0 aliphatic rings. The molecule has 112 valence electrons. The second-order valence-corrected chi connectivity index (χ2v) is 5.05. The number of hydrogen-bond donors (Lipinski definition) is 1. The summed E-state index contributed by atoms with van der Waals surface area (Å²) in [6, 6.07) is 11.9. The third-order valence-electron chi connectivity index (χ3n) is 3.64. The van der Waals surface area contributed by atoms with Gasteiger partial charge in [0, 0.05) is 18.5 Å². The molecular formula is C17H23N3O. The number of carbonyl (C=O) groups is 1. The lowest BCUT2D eigenvalue weighted by atomic mass is 10.2. The molecule has 0 fully saturated rings. The summed E-state index contributed by atoms with van der Waals surface area (Å²) in [5, 5.41) is 4.06. The van der Waals surface area contributed by atoms with Gasteiger partial charge in [-0.1, -0.05) is 38.1 Å². The number of carbonyl (C=O) groups excluding carboxylic acids is 1. The summed E-state index contributed by atoms with van der Waals surface area (Å²) >= 11 is 0. The first-order valence-corrected chi connectivity index (χ1v) is 7.56. The zero-order valence-electron chi connectivity index (χ0n) is 12.8. The van der Waals surface area contributed by atoms with Crippen LogP contribution in [0.1, 0.15) is 19.5 Å². The lowest BCUT2D eigenvalue weighted by Crippen LogP contribution is -2.35. The van der Waals surface area contributed by atoms with Crippen LogP contribution in [0.3, 0.4) is 0 Å². The molecule has 0 saturated heterocycles. The van der Waals surface area contributed by atoms with Crippen molar-refractivity contribution in [3.63, 3.8) is 0 Å². The van der Waals surface area contributed by atoms with Gasteiger partial charge in [0.1, 0.15) is 0 Å². The van der Waals surface area contributed by atoms with Crippen LogP contribution in [0.4, 0.5) is 0 Å². The minimum atomic E-state index is 0.0323. The predicted octanol–water partition coefficient (Wildman–Crippen LogP) is 2.24. The first-order chi connectivity index (χ1) is 10.2. The van der Waals surface area contributed by atoms with E-state index in [-0.39, 0.29) is 5.91 Å². The van der Waals surface area contributed by atoms with Crippen LogP contribution in [0.15, 0.2) is 36.4 Å². The molecule has 1 aromatic heterocycles. The van der Waals surface area contributed by atoms with E-state index >= 15 is 0 Å². The van der Waals surface area contributed by atoms with Crippen molar-refractivity contribution >= 4 is 16.8 Å². The Labute approximate surface area is 126 Å². The van der Waals surface area contributed by atoms with Gasteiger partial charge < -0.3 is 10.2 Å². The van der Waals surface area contributed by atoms with Gasteiger partial charge in [-0.3, -0.25) is 9.78 Å². The monoisotopic (exact) mass is 285 g/mol. The predicted molar refractivity (Wildman–Crippen MR) is 86.2 cm³/mol. The van der Waals surface area contributed by atoms with Crippen molar-refractivity contribution in [2.75, 3.05) is 26.2 Å². The number of benzene rings is 1. The maximum atomic E-state index is 11.9. The van der Waals surface area contributed by atoms with Crippen LogP contribution in [-0.4, -0.2) is 42.0 Å². The number of amides is 1. The second-order valence-electron chi connectivity index (χ2n) is 5.05. The van der Waals surface area contributed by atoms with E-state index in [1.165, 1.54) is 0 Å². The Kier molecular flexibility index (Phi) is 5.69. The van der Waals surface area contributed by atoms with Crippen LogP contribution in [0.25, 0.3) is 10.9 Å². The number of fused-ring (bicyclic) bond motifs is 1. The van der Waals surface area contributed by atoms with E-state index in [4.69, 9.17) is 0 Å². The number of nitrogens with one attached hydrogen (secondary N) is 1. The lowest BCUT2D eigenvalue weighted by molar-refractivity contribution is -0.120. The van der Waals surface area contributed by atoms with Gasteiger partial charge in [-0.25, -0.2) is 0 Å². The molecule has 0 atom stereocenters. The van der Waals surface area contributed by atoms with Gasteiger partial charge in [0.25, 0.3) is 0 Å². The average Bonchev–Trinajstić information content (AvgIpc) is 2.51. The average molecular weight is 285 g/mol. The summed E-state index contributed by atoms with van der Waals surface area (Å²) in [6.45, 7) is 7.86. The Morgan fingerprint density at radius 2 is 1.90 bits per heavy atom. The van der Waals surface area contributed by atoms with Crippen molar-refractivity contribution in [2.24, 2.45) is 0 Å². The van der Waals surface area contributed by atoms with Crippen molar-refractivity contribution in [1.29, 1.82) is 0 Å². The minimum absolute atomic E-state index is 0.0323. The molecule has 2 aromatic rings. The van der Waals surface area contributed by atoms with Crippen molar-refractivity contribution < 1.29 is 4.79 Å². The second kappa shape index (κ2) is 7.74. The van der Waals surface area contributed by atoms with Crippen LogP contribution in [-0.2, 0) is 11.2 Å². The van der Waals surface area contributed by atoms with Crippen molar-refractivity contribution in [3.8, 4) is 0 Å². The third kappa shape index (κ3) is 4.53. The molecule has 0 radical (unpaired) electrons. The Morgan fingerprint density at radius 1 is 1.14 bits per heavy atom. The number of aromatic nitrogens is 1. The molecule has 4 heteroatoms. The normalized spacial score (nSPS) is 11.0. The highest BCUT2D eigenvalue weighted by molar-refractivity contribution is 5.81. The van der Waals surface area contributed by atoms with Crippen molar-refractivity contribution in [3.05, 3.63) is 42.1 Å². The Bertz CT molecular complexity index is 593. The Balaban J connectivity index is 1.86. The molecule has 0 saturated carbocycles. The zero-order chi connectivity index (χ0) is 15.1. The molecule has 0 unspecified atom stereocenters. The number of rotatable bonds is 7. The fourth-order valence-corrected chi connectivity index (χ4v) is 2.33. The molecule has 21 heavy (non-hydrogen) atoms. The van der Waals surface area contributed by atoms with E-state index in [1.54, 1.807) is 0 Å². The minimum Gasteiger partial charge on any atom is -0.354 e. The summed E-state index contributed by atoms with van der Waals surface area (Å²) in [6.07, 6.45) is 0.336. The summed E-state index contributed by atoms with van der Waals surface area (Å²) in [7, 11) is 0. The quantitative estimate of drug-likeness (QED) is 0.848. The van der Waals surface area contributed by atoms with E-state index < -0.39 is 0 Å². The molecule has 1 amide bonds. The van der Waals surface area contributed by atoms with Gasteiger partial charge >= 0.3 is 0 Å². The van der Waals surface area contributed by atoms with Gasteiger partial charge in [0.05, 0.1) is 17.6 Å². The first-order valence-electron chi connectivity index (χ1n) is 7.56. The summed E-state index contributed by atoms with van der Waals surface area (Å²) in [4.78, 5) is 18.7. The highest BCUT2D eigenvalue weighted by atomic mass is 16.1. The van der Waals surface area contributed by atoms with Crippen LogP contribution < -0.4 is 5.32 Å². The number of para-hydroxylation sites is 1. The van der Waals surface area contributed by atoms with E-state index in [9.17, 15) is 4.79 Å². The van der Waals surface area contributed by atoms with E-state index in [0.717, 1.165) is 36.2 Å². The van der Waals surface area contributed by atoms with E-state index in [0.29, 0.717) is 13.0 Å². The molecule has 1 heterocycles. The standard InChI is InChI=1S/C17H23N3O/c1-3-20(4-2)12-11-18-17(21)13-15-10-9-14-7-5-6-8-16(14)19-15/h5-10H,3-4,11-13H2,1-2H3,(H,18,21). The van der Waals surface area contributed by atoms with Gasteiger partial charge in [-0.15, -0.1) is 0 Å².